The molecule has 2 heterocycles. The van der Waals surface area contributed by atoms with Crippen LogP contribution in [0.5, 0.6) is 0 Å². The van der Waals surface area contributed by atoms with Gasteiger partial charge in [0.25, 0.3) is 0 Å². The third-order valence-corrected chi connectivity index (χ3v) is 6.73. The van der Waals surface area contributed by atoms with Crippen molar-refractivity contribution in [2.75, 3.05) is 26.2 Å². The Kier molecular flexibility index (Phi) is 6.84. The summed E-state index contributed by atoms with van der Waals surface area (Å²) in [4.78, 5) is 16.4. The van der Waals surface area contributed by atoms with Gasteiger partial charge in [-0.3, -0.25) is 9.78 Å². The van der Waals surface area contributed by atoms with E-state index in [0.717, 1.165) is 4.31 Å². The van der Waals surface area contributed by atoms with Crippen LogP contribution in [0.3, 0.4) is 0 Å². The maximum atomic E-state index is 13.1. The van der Waals surface area contributed by atoms with Crippen molar-refractivity contribution in [2.24, 2.45) is 0 Å². The van der Waals surface area contributed by atoms with Crippen LogP contribution in [0.4, 0.5) is 26.3 Å². The summed E-state index contributed by atoms with van der Waals surface area (Å²) in [5.41, 5.74) is -2.77. The van der Waals surface area contributed by atoms with Crippen molar-refractivity contribution in [3.8, 4) is 0 Å². The van der Waals surface area contributed by atoms with E-state index in [1.807, 2.05) is 0 Å². The quantitative estimate of drug-likeness (QED) is 0.482. The van der Waals surface area contributed by atoms with Gasteiger partial charge in [-0.25, -0.2) is 8.42 Å². The normalized spacial score (nSPS) is 16.4. The molecule has 1 aromatic carbocycles. The van der Waals surface area contributed by atoms with Gasteiger partial charge in [-0.05, 0) is 35.9 Å². The Bertz CT molecular complexity index is 1110. The Hall–Kier alpha value is -2.93. The summed E-state index contributed by atoms with van der Waals surface area (Å²) in [6.07, 6.45) is -4.47. The molecule has 1 aliphatic rings. The highest BCUT2D eigenvalue weighted by molar-refractivity contribution is 7.89. The highest BCUT2D eigenvalue weighted by Gasteiger charge is 2.39. The number of piperazine rings is 1. The number of halogens is 6. The lowest BCUT2D eigenvalue weighted by Crippen LogP contribution is -2.50. The minimum Gasteiger partial charge on any atom is -0.337 e. The number of aromatic nitrogens is 1. The number of nitrogens with zero attached hydrogens (tertiary/aromatic N) is 3. The summed E-state index contributed by atoms with van der Waals surface area (Å²) >= 11 is 0. The van der Waals surface area contributed by atoms with Gasteiger partial charge in [0.2, 0.25) is 15.9 Å². The van der Waals surface area contributed by atoms with Crippen molar-refractivity contribution < 1.29 is 39.6 Å². The van der Waals surface area contributed by atoms with Crippen LogP contribution in [0.15, 0.2) is 53.7 Å². The van der Waals surface area contributed by atoms with Gasteiger partial charge in [0.1, 0.15) is 0 Å². The second-order valence-electron chi connectivity index (χ2n) is 7.09. The van der Waals surface area contributed by atoms with Gasteiger partial charge in [0.15, 0.2) is 0 Å². The number of pyridine rings is 1. The number of sulfonamides is 1. The maximum Gasteiger partial charge on any atom is 0.416 e. The number of carbonyl (C=O) groups is 1. The number of hydrogen-bond acceptors (Lipinski definition) is 4. The Balaban J connectivity index is 1.77. The third-order valence-electron chi connectivity index (χ3n) is 4.85. The van der Waals surface area contributed by atoms with Crippen molar-refractivity contribution in [2.45, 2.75) is 17.2 Å². The van der Waals surface area contributed by atoms with E-state index in [0.29, 0.717) is 5.56 Å². The Morgan fingerprint density at radius 2 is 1.52 bits per heavy atom. The molecule has 33 heavy (non-hydrogen) atoms. The third kappa shape index (κ3) is 5.90. The topological polar surface area (TPSA) is 70.6 Å². The first-order valence-electron chi connectivity index (χ1n) is 9.45. The molecule has 1 saturated heterocycles. The molecule has 0 atom stereocenters. The molecule has 0 aliphatic carbocycles. The first-order valence-corrected chi connectivity index (χ1v) is 10.9. The molecule has 0 N–H and O–H groups in total. The summed E-state index contributed by atoms with van der Waals surface area (Å²) in [5, 5.41) is 0. The van der Waals surface area contributed by atoms with Crippen LogP contribution in [0.1, 0.15) is 16.7 Å². The summed E-state index contributed by atoms with van der Waals surface area (Å²) in [5.74, 6) is -0.422. The molecule has 2 aromatic rings. The first-order chi connectivity index (χ1) is 15.3. The monoisotopic (exact) mass is 493 g/mol. The van der Waals surface area contributed by atoms with E-state index < -0.39 is 44.3 Å². The molecule has 1 aliphatic heterocycles. The van der Waals surface area contributed by atoms with Gasteiger partial charge in [-0.2, -0.15) is 30.6 Å². The van der Waals surface area contributed by atoms with Crippen LogP contribution in [0, 0.1) is 0 Å². The minimum absolute atomic E-state index is 0.0828. The van der Waals surface area contributed by atoms with E-state index in [2.05, 4.69) is 4.98 Å². The number of alkyl halides is 6. The standard InChI is InChI=1S/C20H17F6N3O3S/c21-19(22,23)15-10-16(20(24,25)26)12-17(11-15)33(31,32)29-8-6-28(7-9-29)18(30)4-3-14-2-1-5-27-13-14/h1-5,10-13H,6-9H2/b4-3+. The van der Waals surface area contributed by atoms with Crippen molar-refractivity contribution >= 4 is 22.0 Å². The molecule has 6 nitrogen and oxygen atoms in total. The van der Waals surface area contributed by atoms with Crippen LogP contribution >= 0.6 is 0 Å². The molecule has 178 valence electrons. The van der Waals surface area contributed by atoms with E-state index >= 15 is 0 Å². The fourth-order valence-electron chi connectivity index (χ4n) is 3.12. The van der Waals surface area contributed by atoms with Gasteiger partial charge >= 0.3 is 12.4 Å². The lowest BCUT2D eigenvalue weighted by molar-refractivity contribution is -0.143. The Morgan fingerprint density at radius 1 is 0.939 bits per heavy atom. The smallest absolute Gasteiger partial charge is 0.337 e. The summed E-state index contributed by atoms with van der Waals surface area (Å²) < 4.78 is 105. The van der Waals surface area contributed by atoms with Crippen LogP contribution < -0.4 is 0 Å². The molecule has 0 saturated carbocycles. The fourth-order valence-corrected chi connectivity index (χ4v) is 4.61. The lowest BCUT2D eigenvalue weighted by atomic mass is 10.1. The molecule has 0 radical (unpaired) electrons. The second-order valence-corrected chi connectivity index (χ2v) is 9.03. The van der Waals surface area contributed by atoms with E-state index in [-0.39, 0.29) is 44.4 Å². The minimum atomic E-state index is -5.17. The van der Waals surface area contributed by atoms with Gasteiger partial charge in [-0.1, -0.05) is 6.07 Å². The Labute approximate surface area is 185 Å². The predicted octanol–water partition coefficient (Wildman–Crippen LogP) is 3.67. The van der Waals surface area contributed by atoms with E-state index in [1.165, 1.54) is 23.2 Å². The molecule has 1 aromatic heterocycles. The maximum absolute atomic E-state index is 13.1. The summed E-state index contributed by atoms with van der Waals surface area (Å²) in [6, 6.07) is 3.61. The summed E-state index contributed by atoms with van der Waals surface area (Å²) in [6.45, 7) is -0.736. The van der Waals surface area contributed by atoms with Crippen molar-refractivity contribution in [1.82, 2.24) is 14.2 Å². The number of hydrogen-bond donors (Lipinski definition) is 0. The molecule has 1 fully saturated rings. The van der Waals surface area contributed by atoms with Crippen molar-refractivity contribution in [3.05, 3.63) is 65.5 Å². The highest BCUT2D eigenvalue weighted by Crippen LogP contribution is 2.37. The SMILES string of the molecule is O=C(/C=C/c1cccnc1)N1CCN(S(=O)(=O)c2cc(C(F)(F)F)cc(C(F)(F)F)c2)CC1. The van der Waals surface area contributed by atoms with Gasteiger partial charge in [-0.15, -0.1) is 0 Å². The zero-order chi connectivity index (χ0) is 24.4. The largest absolute Gasteiger partial charge is 0.416 e. The Morgan fingerprint density at radius 3 is 2.00 bits per heavy atom. The average molecular weight is 493 g/mol. The van der Waals surface area contributed by atoms with E-state index in [9.17, 15) is 39.6 Å². The molecule has 0 unspecified atom stereocenters. The molecular formula is C20H17F6N3O3S. The van der Waals surface area contributed by atoms with Crippen LogP contribution in [0.2, 0.25) is 0 Å². The van der Waals surface area contributed by atoms with Gasteiger partial charge in [0.05, 0.1) is 16.0 Å². The van der Waals surface area contributed by atoms with Crippen molar-refractivity contribution in [3.63, 3.8) is 0 Å². The van der Waals surface area contributed by atoms with E-state index in [4.69, 9.17) is 0 Å². The summed E-state index contributed by atoms with van der Waals surface area (Å²) in [7, 11) is -4.66. The second kappa shape index (κ2) is 9.14. The van der Waals surface area contributed by atoms with Crippen LogP contribution in [-0.4, -0.2) is 54.7 Å². The van der Waals surface area contributed by atoms with Gasteiger partial charge < -0.3 is 4.90 Å². The number of benzene rings is 1. The molecule has 13 heteroatoms. The van der Waals surface area contributed by atoms with Gasteiger partial charge in [0, 0.05) is 44.6 Å². The molecule has 0 spiro atoms. The molecule has 0 bridgehead atoms. The van der Waals surface area contributed by atoms with E-state index in [1.54, 1.807) is 18.3 Å². The zero-order valence-electron chi connectivity index (χ0n) is 16.8. The van der Waals surface area contributed by atoms with Crippen molar-refractivity contribution in [1.29, 1.82) is 0 Å². The number of amides is 1. The van der Waals surface area contributed by atoms with Crippen LogP contribution in [0.25, 0.3) is 6.08 Å². The highest BCUT2D eigenvalue weighted by atomic mass is 32.2. The molecular weight excluding hydrogens is 476 g/mol. The average Bonchev–Trinajstić information content (AvgIpc) is 2.76. The predicted molar refractivity (Wildman–Crippen MR) is 105 cm³/mol. The lowest BCUT2D eigenvalue weighted by Gasteiger charge is -2.33. The molecule has 3 rings (SSSR count). The number of carbonyl (C=O) groups excluding carboxylic acids is 1. The zero-order valence-corrected chi connectivity index (χ0v) is 17.6. The van der Waals surface area contributed by atoms with Crippen LogP contribution in [-0.2, 0) is 27.2 Å². The number of rotatable bonds is 4. The molecule has 1 amide bonds. The fraction of sp³-hybridized carbons (Fsp3) is 0.300. The first kappa shape index (κ1) is 24.7.